The van der Waals surface area contributed by atoms with Crippen molar-refractivity contribution in [2.75, 3.05) is 43.4 Å². The summed E-state index contributed by atoms with van der Waals surface area (Å²) in [6.45, 7) is 10.5. The fourth-order valence-electron chi connectivity index (χ4n) is 4.29. The first-order chi connectivity index (χ1) is 16.0. The van der Waals surface area contributed by atoms with E-state index in [0.29, 0.717) is 0 Å². The third kappa shape index (κ3) is 4.45. The van der Waals surface area contributed by atoms with Gasteiger partial charge in [-0.1, -0.05) is 6.58 Å². The molecule has 0 unspecified atom stereocenters. The third-order valence-electron chi connectivity index (χ3n) is 6.28. The van der Waals surface area contributed by atoms with Gasteiger partial charge >= 0.3 is 0 Å². The lowest BCUT2D eigenvalue weighted by Crippen LogP contribution is -2.44. The molecule has 1 N–H and O–H groups in total. The van der Waals surface area contributed by atoms with Gasteiger partial charge in [-0.25, -0.2) is 9.97 Å². The summed E-state index contributed by atoms with van der Waals surface area (Å²) in [6, 6.07) is 10.5. The van der Waals surface area contributed by atoms with Crippen LogP contribution in [0.1, 0.15) is 11.1 Å². The summed E-state index contributed by atoms with van der Waals surface area (Å²) in [5, 5.41) is 9.94. The minimum Gasteiger partial charge on any atom is -0.354 e. The highest BCUT2D eigenvalue weighted by atomic mass is 15.3. The number of fused-ring (bicyclic) bond motifs is 1. The smallest absolute Gasteiger partial charge is 0.130 e. The fraction of sp³-hybridized carbons (Fsp3) is 0.269. The number of hydrogen-bond donors (Lipinski definition) is 1. The number of aryl methyl sites for hydroxylation is 2. The second kappa shape index (κ2) is 8.67. The minimum atomic E-state index is 0.770. The molecule has 0 radical (unpaired) electrons. The molecule has 7 nitrogen and oxygen atoms in total. The zero-order valence-electron chi connectivity index (χ0n) is 19.4. The molecule has 0 aliphatic carbocycles. The van der Waals surface area contributed by atoms with Gasteiger partial charge in [-0.3, -0.25) is 4.68 Å². The Labute approximate surface area is 194 Å². The van der Waals surface area contributed by atoms with Crippen LogP contribution in [0, 0.1) is 6.92 Å². The van der Waals surface area contributed by atoms with Crippen molar-refractivity contribution in [3.05, 3.63) is 72.8 Å². The van der Waals surface area contributed by atoms with Crippen molar-refractivity contribution in [1.29, 1.82) is 0 Å². The molecule has 33 heavy (non-hydrogen) atoms. The van der Waals surface area contributed by atoms with Gasteiger partial charge < -0.3 is 15.1 Å². The van der Waals surface area contributed by atoms with Crippen LogP contribution in [0.15, 0.2) is 61.7 Å². The monoisotopic (exact) mass is 439 g/mol. The first-order valence-corrected chi connectivity index (χ1v) is 11.2. The molecule has 0 atom stereocenters. The Kier molecular flexibility index (Phi) is 5.56. The van der Waals surface area contributed by atoms with E-state index < -0.39 is 0 Å². The summed E-state index contributed by atoms with van der Waals surface area (Å²) in [6.07, 6.45) is 7.70. The molecule has 7 heteroatoms. The van der Waals surface area contributed by atoms with Gasteiger partial charge in [-0.2, -0.15) is 5.10 Å². The van der Waals surface area contributed by atoms with Crippen molar-refractivity contribution in [2.45, 2.75) is 6.92 Å². The van der Waals surface area contributed by atoms with Crippen molar-refractivity contribution in [2.24, 2.45) is 7.05 Å². The third-order valence-corrected chi connectivity index (χ3v) is 6.28. The number of benzene rings is 1. The van der Waals surface area contributed by atoms with Crippen molar-refractivity contribution < 1.29 is 0 Å². The molecule has 3 aromatic heterocycles. The van der Waals surface area contributed by atoms with E-state index >= 15 is 0 Å². The molecule has 4 aromatic rings. The van der Waals surface area contributed by atoms with E-state index in [-0.39, 0.29) is 0 Å². The second-order valence-corrected chi connectivity index (χ2v) is 8.78. The first-order valence-electron chi connectivity index (χ1n) is 11.2. The zero-order chi connectivity index (χ0) is 22.9. The summed E-state index contributed by atoms with van der Waals surface area (Å²) in [5.41, 5.74) is 5.31. The van der Waals surface area contributed by atoms with Crippen LogP contribution in [-0.2, 0) is 7.05 Å². The molecule has 4 heterocycles. The number of likely N-dealkylation sites (N-methyl/N-ethyl adjacent to an activating group) is 1. The fourth-order valence-corrected chi connectivity index (χ4v) is 4.29. The van der Waals surface area contributed by atoms with E-state index in [9.17, 15) is 0 Å². The molecule has 0 saturated carbocycles. The van der Waals surface area contributed by atoms with Gasteiger partial charge in [-0.15, -0.1) is 0 Å². The molecule has 1 fully saturated rings. The van der Waals surface area contributed by atoms with E-state index in [1.54, 1.807) is 0 Å². The van der Waals surface area contributed by atoms with Crippen LogP contribution < -0.4 is 10.2 Å². The molecular weight excluding hydrogens is 410 g/mol. The Morgan fingerprint density at radius 3 is 2.55 bits per heavy atom. The molecule has 0 bridgehead atoms. The lowest BCUT2D eigenvalue weighted by molar-refractivity contribution is 0.312. The van der Waals surface area contributed by atoms with Crippen molar-refractivity contribution in [3.8, 4) is 11.1 Å². The number of pyridine rings is 2. The van der Waals surface area contributed by atoms with E-state index in [2.05, 4.69) is 75.0 Å². The summed E-state index contributed by atoms with van der Waals surface area (Å²) in [5.74, 6) is 1.76. The van der Waals surface area contributed by atoms with Gasteiger partial charge in [0.1, 0.15) is 11.6 Å². The number of anilines is 2. The summed E-state index contributed by atoms with van der Waals surface area (Å²) >= 11 is 0. The lowest BCUT2D eigenvalue weighted by Gasteiger charge is -2.33. The molecule has 1 aliphatic heterocycles. The number of piperazine rings is 1. The van der Waals surface area contributed by atoms with Gasteiger partial charge in [-0.05, 0) is 60.8 Å². The number of aromatic nitrogens is 4. The van der Waals surface area contributed by atoms with Gasteiger partial charge in [0.25, 0.3) is 0 Å². The normalized spacial score (nSPS) is 14.6. The molecule has 5 rings (SSSR count). The average Bonchev–Trinajstić information content (AvgIpc) is 3.25. The lowest BCUT2D eigenvalue weighted by atomic mass is 9.99. The van der Waals surface area contributed by atoms with Gasteiger partial charge in [0, 0.05) is 74.0 Å². The minimum absolute atomic E-state index is 0.770. The molecule has 0 spiro atoms. The van der Waals surface area contributed by atoms with Crippen molar-refractivity contribution in [1.82, 2.24) is 24.6 Å². The van der Waals surface area contributed by atoms with E-state index in [0.717, 1.165) is 65.4 Å². The average molecular weight is 440 g/mol. The highest BCUT2D eigenvalue weighted by molar-refractivity contribution is 5.91. The zero-order valence-corrected chi connectivity index (χ0v) is 19.4. The quantitative estimate of drug-likeness (QED) is 0.504. The van der Waals surface area contributed by atoms with Crippen LogP contribution in [0.4, 0.5) is 11.6 Å². The summed E-state index contributed by atoms with van der Waals surface area (Å²) in [4.78, 5) is 13.9. The highest BCUT2D eigenvalue weighted by Gasteiger charge is 2.16. The van der Waals surface area contributed by atoms with E-state index in [4.69, 9.17) is 0 Å². The maximum Gasteiger partial charge on any atom is 0.130 e. The van der Waals surface area contributed by atoms with Crippen LogP contribution in [0.3, 0.4) is 0 Å². The maximum atomic E-state index is 4.62. The van der Waals surface area contributed by atoms with Crippen LogP contribution >= 0.6 is 0 Å². The number of nitrogens with one attached hydrogen (secondary N) is 1. The molecule has 1 aromatic carbocycles. The largest absolute Gasteiger partial charge is 0.354 e. The SMILES string of the molecule is C=C(Nc1cc2cc(-c3cnn(C)c3)c(C)cc2cn1)c1ccnc(N2CCN(C)CC2)c1. The Bertz CT molecular complexity index is 1320. The number of rotatable bonds is 5. The number of nitrogens with zero attached hydrogens (tertiary/aromatic N) is 6. The second-order valence-electron chi connectivity index (χ2n) is 8.78. The maximum absolute atomic E-state index is 4.62. The molecule has 1 saturated heterocycles. The standard InChI is InChI=1S/C26H29N7/c1-18-11-22-15-28-25(13-21(22)12-24(18)23-16-29-32(4)17-23)30-19(2)20-5-6-27-26(14-20)33-9-7-31(3)8-10-33/h5-6,11-17H,2,7-10H2,1,3-4H3,(H,28,30). The van der Waals surface area contributed by atoms with Crippen LogP contribution in [0.25, 0.3) is 27.6 Å². The Morgan fingerprint density at radius 1 is 0.970 bits per heavy atom. The van der Waals surface area contributed by atoms with Crippen molar-refractivity contribution in [3.63, 3.8) is 0 Å². The van der Waals surface area contributed by atoms with E-state index in [1.165, 1.54) is 11.1 Å². The predicted octanol–water partition coefficient (Wildman–Crippen LogP) is 4.17. The Balaban J connectivity index is 1.38. The molecule has 168 valence electrons. The van der Waals surface area contributed by atoms with Crippen LogP contribution in [0.2, 0.25) is 0 Å². The Hall–Kier alpha value is -3.71. The summed E-state index contributed by atoms with van der Waals surface area (Å²) < 4.78 is 1.83. The molecular formula is C26H29N7. The van der Waals surface area contributed by atoms with Gasteiger partial charge in [0.2, 0.25) is 0 Å². The Morgan fingerprint density at radius 2 is 1.79 bits per heavy atom. The number of hydrogen-bond acceptors (Lipinski definition) is 6. The summed E-state index contributed by atoms with van der Waals surface area (Å²) in [7, 11) is 4.09. The van der Waals surface area contributed by atoms with Crippen molar-refractivity contribution >= 4 is 28.1 Å². The van der Waals surface area contributed by atoms with Gasteiger partial charge in [0.05, 0.1) is 6.20 Å². The van der Waals surface area contributed by atoms with E-state index in [1.807, 2.05) is 42.6 Å². The molecule has 1 aliphatic rings. The van der Waals surface area contributed by atoms with Crippen LogP contribution in [0.5, 0.6) is 0 Å². The topological polar surface area (TPSA) is 62.1 Å². The molecule has 0 amide bonds. The highest BCUT2D eigenvalue weighted by Crippen LogP contribution is 2.29. The predicted molar refractivity (Wildman–Crippen MR) is 135 cm³/mol. The van der Waals surface area contributed by atoms with Gasteiger partial charge in [0.15, 0.2) is 0 Å². The van der Waals surface area contributed by atoms with Crippen LogP contribution in [-0.4, -0.2) is 57.9 Å². The first kappa shape index (κ1) is 21.2.